The van der Waals surface area contributed by atoms with E-state index < -0.39 is 0 Å². The molecule has 1 rings (SSSR count). The van der Waals surface area contributed by atoms with Crippen LogP contribution in [0.5, 0.6) is 0 Å². The minimum Gasteiger partial charge on any atom is -0.376 e. The summed E-state index contributed by atoms with van der Waals surface area (Å²) in [4.78, 5) is 2.34. The average Bonchev–Trinajstić information content (AvgIpc) is 2.46. The van der Waals surface area contributed by atoms with Crippen LogP contribution in [-0.2, 0) is 0 Å². The van der Waals surface area contributed by atoms with Gasteiger partial charge in [0.25, 0.3) is 0 Å². The van der Waals surface area contributed by atoms with Gasteiger partial charge in [-0.2, -0.15) is 0 Å². The Hall–Kier alpha value is -1.60. The number of nitrogens with one attached hydrogen (secondary N) is 2. The molecule has 0 amide bonds. The van der Waals surface area contributed by atoms with Crippen LogP contribution in [0.25, 0.3) is 0 Å². The van der Waals surface area contributed by atoms with Crippen molar-refractivity contribution >= 4 is 40.3 Å². The van der Waals surface area contributed by atoms with Gasteiger partial charge in [0.15, 0.2) is 10.2 Å². The maximum atomic E-state index is 5.42. The van der Waals surface area contributed by atoms with E-state index in [4.69, 9.17) is 35.9 Å². The normalized spacial score (nSPS) is 9.90. The molecule has 116 valence electrons. The van der Waals surface area contributed by atoms with Crippen molar-refractivity contribution in [3.8, 4) is 0 Å². The second kappa shape index (κ2) is 10.2. The van der Waals surface area contributed by atoms with Crippen molar-refractivity contribution < 1.29 is 0 Å². The van der Waals surface area contributed by atoms with E-state index in [2.05, 4.69) is 27.7 Å². The molecular formula is C14H23N5S2. The molecule has 5 nitrogen and oxygen atoms in total. The summed E-state index contributed by atoms with van der Waals surface area (Å²) in [6.07, 6.45) is 1.93. The molecule has 0 unspecified atom stereocenters. The van der Waals surface area contributed by atoms with Crippen LogP contribution in [0, 0.1) is 0 Å². The molecule has 0 aliphatic heterocycles. The molecule has 0 aliphatic carbocycles. The number of hydrogen-bond donors (Lipinski definition) is 4. The van der Waals surface area contributed by atoms with E-state index in [1.54, 1.807) is 0 Å². The molecule has 0 aliphatic rings. The lowest BCUT2D eigenvalue weighted by Crippen LogP contribution is -2.35. The van der Waals surface area contributed by atoms with Crippen LogP contribution in [-0.4, -0.2) is 36.4 Å². The predicted octanol–water partition coefficient (Wildman–Crippen LogP) is 0.940. The predicted molar refractivity (Wildman–Crippen MR) is 97.5 cm³/mol. The Morgan fingerprint density at radius 2 is 1.38 bits per heavy atom. The monoisotopic (exact) mass is 325 g/mol. The van der Waals surface area contributed by atoms with Gasteiger partial charge in [0.05, 0.1) is 0 Å². The molecule has 21 heavy (non-hydrogen) atoms. The minimum absolute atomic E-state index is 0.349. The first-order valence-corrected chi connectivity index (χ1v) is 7.78. The van der Waals surface area contributed by atoms with Gasteiger partial charge < -0.3 is 27.0 Å². The van der Waals surface area contributed by atoms with Gasteiger partial charge in [0, 0.05) is 31.9 Å². The summed E-state index contributed by atoms with van der Waals surface area (Å²) in [7, 11) is 0. The molecule has 0 fully saturated rings. The molecule has 1 aromatic rings. The fourth-order valence-corrected chi connectivity index (χ4v) is 2.18. The Kier molecular flexibility index (Phi) is 8.45. The number of rotatable bonds is 9. The zero-order valence-corrected chi connectivity index (χ0v) is 13.7. The third-order valence-electron chi connectivity index (χ3n) is 2.93. The molecule has 0 radical (unpaired) electrons. The van der Waals surface area contributed by atoms with Crippen molar-refractivity contribution in [2.75, 3.05) is 31.1 Å². The average molecular weight is 326 g/mol. The highest BCUT2D eigenvalue weighted by Gasteiger charge is 2.05. The molecule has 6 N–H and O–H groups in total. The first-order chi connectivity index (χ1) is 10.1. The van der Waals surface area contributed by atoms with Crippen LogP contribution in [0.15, 0.2) is 30.3 Å². The zero-order chi connectivity index (χ0) is 15.5. The van der Waals surface area contributed by atoms with Crippen LogP contribution in [0.1, 0.15) is 12.8 Å². The highest BCUT2D eigenvalue weighted by Crippen LogP contribution is 2.13. The largest absolute Gasteiger partial charge is 0.376 e. The van der Waals surface area contributed by atoms with Gasteiger partial charge in [0.1, 0.15) is 0 Å². The van der Waals surface area contributed by atoms with E-state index in [1.807, 2.05) is 18.2 Å². The van der Waals surface area contributed by atoms with E-state index in [1.165, 1.54) is 5.69 Å². The summed E-state index contributed by atoms with van der Waals surface area (Å²) >= 11 is 9.60. The Balaban J connectivity index is 2.42. The highest BCUT2D eigenvalue weighted by atomic mass is 32.1. The fraction of sp³-hybridized carbons (Fsp3) is 0.429. The SMILES string of the molecule is NC(=S)NCCCN(CCCNC(N)=S)c1ccccc1. The first kappa shape index (κ1) is 17.5. The van der Waals surface area contributed by atoms with Gasteiger partial charge in [-0.05, 0) is 49.4 Å². The number of thiocarbonyl (C=S) groups is 2. The van der Waals surface area contributed by atoms with Gasteiger partial charge in [-0.15, -0.1) is 0 Å². The van der Waals surface area contributed by atoms with E-state index >= 15 is 0 Å². The van der Waals surface area contributed by atoms with Gasteiger partial charge in [-0.1, -0.05) is 18.2 Å². The number of hydrogen-bond acceptors (Lipinski definition) is 3. The summed E-state index contributed by atoms with van der Waals surface area (Å²) in [5.74, 6) is 0. The Morgan fingerprint density at radius 1 is 0.905 bits per heavy atom. The Labute approximate surface area is 137 Å². The van der Waals surface area contributed by atoms with Crippen LogP contribution >= 0.6 is 24.4 Å². The number of nitrogens with zero attached hydrogens (tertiary/aromatic N) is 1. The second-order valence-corrected chi connectivity index (χ2v) is 5.49. The molecule has 0 spiro atoms. The summed E-state index contributed by atoms with van der Waals surface area (Å²) in [6, 6.07) is 10.3. The van der Waals surface area contributed by atoms with Crippen LogP contribution < -0.4 is 27.0 Å². The maximum absolute atomic E-state index is 5.42. The first-order valence-electron chi connectivity index (χ1n) is 6.96. The lowest BCUT2D eigenvalue weighted by molar-refractivity contribution is 0.674. The summed E-state index contributed by atoms with van der Waals surface area (Å²) in [5, 5.41) is 6.64. The molecule has 0 heterocycles. The zero-order valence-electron chi connectivity index (χ0n) is 12.0. The van der Waals surface area contributed by atoms with Gasteiger partial charge in [-0.25, -0.2) is 0 Å². The molecule has 0 atom stereocenters. The van der Waals surface area contributed by atoms with Crippen molar-refractivity contribution in [2.45, 2.75) is 12.8 Å². The number of benzene rings is 1. The lowest BCUT2D eigenvalue weighted by atomic mass is 10.2. The van der Waals surface area contributed by atoms with E-state index in [9.17, 15) is 0 Å². The molecule has 0 saturated carbocycles. The minimum atomic E-state index is 0.349. The van der Waals surface area contributed by atoms with E-state index in [0.717, 1.165) is 39.0 Å². The van der Waals surface area contributed by atoms with Crippen molar-refractivity contribution in [3.05, 3.63) is 30.3 Å². The third-order valence-corrected chi connectivity index (χ3v) is 3.22. The Bertz CT molecular complexity index is 416. The van der Waals surface area contributed by atoms with Crippen LogP contribution in [0.3, 0.4) is 0 Å². The quantitative estimate of drug-likeness (QED) is 0.397. The summed E-state index contributed by atoms with van der Waals surface area (Å²) in [5.41, 5.74) is 12.1. The summed E-state index contributed by atoms with van der Waals surface area (Å²) in [6.45, 7) is 3.44. The molecule has 7 heteroatoms. The lowest BCUT2D eigenvalue weighted by Gasteiger charge is -2.25. The van der Waals surface area contributed by atoms with Crippen molar-refractivity contribution in [2.24, 2.45) is 11.5 Å². The molecular weight excluding hydrogens is 302 g/mol. The topological polar surface area (TPSA) is 79.3 Å². The van der Waals surface area contributed by atoms with Crippen LogP contribution in [0.2, 0.25) is 0 Å². The highest BCUT2D eigenvalue weighted by molar-refractivity contribution is 7.80. The van der Waals surface area contributed by atoms with E-state index in [0.29, 0.717) is 10.2 Å². The number of nitrogens with two attached hydrogens (primary N) is 2. The third kappa shape index (κ3) is 8.31. The standard InChI is InChI=1S/C14H23N5S2/c15-13(20)17-8-4-10-19(11-5-9-18-14(16)21)12-6-2-1-3-7-12/h1-3,6-7H,4-5,8-11H2,(H3,15,17,20)(H3,16,18,21). The van der Waals surface area contributed by atoms with Crippen molar-refractivity contribution in [3.63, 3.8) is 0 Å². The van der Waals surface area contributed by atoms with Gasteiger partial charge >= 0.3 is 0 Å². The van der Waals surface area contributed by atoms with Gasteiger partial charge in [-0.3, -0.25) is 0 Å². The number of anilines is 1. The van der Waals surface area contributed by atoms with Crippen molar-refractivity contribution in [1.29, 1.82) is 0 Å². The Morgan fingerprint density at radius 3 is 1.81 bits per heavy atom. The molecule has 1 aromatic carbocycles. The van der Waals surface area contributed by atoms with Crippen molar-refractivity contribution in [1.82, 2.24) is 10.6 Å². The fourth-order valence-electron chi connectivity index (χ4n) is 1.97. The smallest absolute Gasteiger partial charge is 0.163 e. The number of para-hydroxylation sites is 1. The summed E-state index contributed by atoms with van der Waals surface area (Å²) < 4.78 is 0. The van der Waals surface area contributed by atoms with Crippen LogP contribution in [0.4, 0.5) is 5.69 Å². The molecule has 0 aromatic heterocycles. The maximum Gasteiger partial charge on any atom is 0.163 e. The van der Waals surface area contributed by atoms with Gasteiger partial charge in [0.2, 0.25) is 0 Å². The van der Waals surface area contributed by atoms with E-state index in [-0.39, 0.29) is 0 Å². The second-order valence-electron chi connectivity index (χ2n) is 4.61. The molecule has 0 bridgehead atoms. The molecule has 0 saturated heterocycles.